The molecule has 3 rings (SSSR count). The van der Waals surface area contributed by atoms with Crippen LogP contribution in [0.1, 0.15) is 12.8 Å². The quantitative estimate of drug-likeness (QED) is 0.895. The second kappa shape index (κ2) is 7.48. The highest BCUT2D eigenvalue weighted by Gasteiger charge is 2.14. The first-order chi connectivity index (χ1) is 8.43. The number of nitrogens with zero attached hydrogens (tertiary/aromatic N) is 2. The summed E-state index contributed by atoms with van der Waals surface area (Å²) in [6, 6.07) is 8.58. The van der Waals surface area contributed by atoms with Crippen LogP contribution in [0.5, 0.6) is 0 Å². The molecule has 4 nitrogen and oxygen atoms in total. The van der Waals surface area contributed by atoms with Gasteiger partial charge in [-0.25, -0.2) is 9.97 Å². The third-order valence-corrected chi connectivity index (χ3v) is 3.18. The van der Waals surface area contributed by atoms with Crippen LogP contribution in [-0.2, 0) is 0 Å². The molecule has 0 radical (unpaired) electrons. The second-order valence-electron chi connectivity index (χ2n) is 4.43. The fraction of sp³-hybridized carbons (Fsp3) is 0.385. The summed E-state index contributed by atoms with van der Waals surface area (Å²) >= 11 is 0. The number of aromatic nitrogens is 2. The number of piperidine rings is 1. The van der Waals surface area contributed by atoms with Gasteiger partial charge in [-0.05, 0) is 31.5 Å². The van der Waals surface area contributed by atoms with E-state index in [-0.39, 0.29) is 24.8 Å². The summed E-state index contributed by atoms with van der Waals surface area (Å²) in [5, 5.41) is 8.01. The van der Waals surface area contributed by atoms with Crippen LogP contribution < -0.4 is 10.6 Å². The summed E-state index contributed by atoms with van der Waals surface area (Å²) in [6.07, 6.45) is 4.05. The minimum absolute atomic E-state index is 0. The van der Waals surface area contributed by atoms with Crippen molar-refractivity contribution in [2.24, 2.45) is 0 Å². The minimum atomic E-state index is 0. The smallest absolute Gasteiger partial charge is 0.137 e. The Morgan fingerprint density at radius 3 is 2.79 bits per heavy atom. The van der Waals surface area contributed by atoms with Crippen molar-refractivity contribution in [2.45, 2.75) is 18.9 Å². The molecule has 1 aliphatic heterocycles. The van der Waals surface area contributed by atoms with Gasteiger partial charge in [0.05, 0.1) is 5.52 Å². The Morgan fingerprint density at radius 1 is 1.16 bits per heavy atom. The van der Waals surface area contributed by atoms with E-state index in [0.29, 0.717) is 6.04 Å². The lowest BCUT2D eigenvalue weighted by Gasteiger charge is -2.24. The van der Waals surface area contributed by atoms with Crippen molar-refractivity contribution >= 4 is 41.5 Å². The molecule has 0 aliphatic carbocycles. The number of halogens is 2. The molecule has 19 heavy (non-hydrogen) atoms. The van der Waals surface area contributed by atoms with Crippen LogP contribution in [0.25, 0.3) is 10.9 Å². The van der Waals surface area contributed by atoms with Crippen molar-refractivity contribution in [1.82, 2.24) is 15.3 Å². The summed E-state index contributed by atoms with van der Waals surface area (Å²) in [5.74, 6) is 0.948. The van der Waals surface area contributed by atoms with Crippen molar-refractivity contribution in [1.29, 1.82) is 0 Å². The van der Waals surface area contributed by atoms with Gasteiger partial charge in [0.2, 0.25) is 0 Å². The first-order valence-electron chi connectivity index (χ1n) is 6.10. The molecule has 1 aromatic heterocycles. The summed E-state index contributed by atoms with van der Waals surface area (Å²) < 4.78 is 0. The third kappa shape index (κ3) is 3.69. The fourth-order valence-electron chi connectivity index (χ4n) is 2.29. The molecule has 2 N–H and O–H groups in total. The van der Waals surface area contributed by atoms with Gasteiger partial charge in [0.1, 0.15) is 12.1 Å². The lowest BCUT2D eigenvalue weighted by atomic mass is 10.1. The maximum Gasteiger partial charge on any atom is 0.137 e. The zero-order valence-corrected chi connectivity index (χ0v) is 12.1. The number of fused-ring (bicyclic) bond motifs is 1. The SMILES string of the molecule is Cl.Cl.c1ccc2c(NC3CCCNC3)ncnc2c1. The first kappa shape index (κ1) is 16.0. The minimum Gasteiger partial charge on any atom is -0.365 e. The van der Waals surface area contributed by atoms with Crippen LogP contribution >= 0.6 is 24.8 Å². The van der Waals surface area contributed by atoms with Gasteiger partial charge < -0.3 is 10.6 Å². The molecule has 0 saturated carbocycles. The van der Waals surface area contributed by atoms with Gasteiger partial charge in [-0.1, -0.05) is 12.1 Å². The summed E-state index contributed by atoms with van der Waals surface area (Å²) in [7, 11) is 0. The monoisotopic (exact) mass is 300 g/mol. The molecular weight excluding hydrogens is 283 g/mol. The summed E-state index contributed by atoms with van der Waals surface area (Å²) in [4.78, 5) is 8.62. The molecule has 1 aliphatic rings. The Kier molecular flexibility index (Phi) is 6.28. The summed E-state index contributed by atoms with van der Waals surface area (Å²) in [5.41, 5.74) is 0.994. The Hall–Kier alpha value is -1.10. The third-order valence-electron chi connectivity index (χ3n) is 3.18. The van der Waals surface area contributed by atoms with Crippen molar-refractivity contribution in [3.05, 3.63) is 30.6 Å². The maximum absolute atomic E-state index is 4.35. The molecule has 2 heterocycles. The molecule has 0 amide bonds. The van der Waals surface area contributed by atoms with Crippen LogP contribution in [0.4, 0.5) is 5.82 Å². The van der Waals surface area contributed by atoms with Gasteiger partial charge in [-0.2, -0.15) is 0 Å². The average Bonchev–Trinajstić information content (AvgIpc) is 2.40. The van der Waals surface area contributed by atoms with Crippen molar-refractivity contribution in [3.8, 4) is 0 Å². The van der Waals surface area contributed by atoms with Crippen molar-refractivity contribution in [3.63, 3.8) is 0 Å². The van der Waals surface area contributed by atoms with E-state index in [1.165, 1.54) is 12.8 Å². The lowest BCUT2D eigenvalue weighted by Crippen LogP contribution is -2.38. The lowest BCUT2D eigenvalue weighted by molar-refractivity contribution is 0.479. The predicted octanol–water partition coefficient (Wildman–Crippen LogP) is 2.64. The Morgan fingerprint density at radius 2 is 2.00 bits per heavy atom. The molecule has 6 heteroatoms. The van der Waals surface area contributed by atoms with Gasteiger partial charge in [0.15, 0.2) is 0 Å². The van der Waals surface area contributed by atoms with Gasteiger partial charge >= 0.3 is 0 Å². The molecule has 2 aromatic rings. The fourth-order valence-corrected chi connectivity index (χ4v) is 2.29. The number of benzene rings is 1. The highest BCUT2D eigenvalue weighted by atomic mass is 35.5. The molecule has 1 unspecified atom stereocenters. The number of hydrogen-bond acceptors (Lipinski definition) is 4. The van der Waals surface area contributed by atoms with Crippen LogP contribution in [0, 0.1) is 0 Å². The number of nitrogens with one attached hydrogen (secondary N) is 2. The first-order valence-corrected chi connectivity index (χ1v) is 6.10. The molecule has 0 spiro atoms. The van der Waals surface area contributed by atoms with E-state index in [1.807, 2.05) is 18.2 Å². The topological polar surface area (TPSA) is 49.8 Å². The molecule has 1 saturated heterocycles. The number of para-hydroxylation sites is 1. The molecule has 0 bridgehead atoms. The van der Waals surface area contributed by atoms with E-state index in [0.717, 1.165) is 29.8 Å². The maximum atomic E-state index is 4.35. The zero-order chi connectivity index (χ0) is 11.5. The normalized spacial score (nSPS) is 18.2. The van der Waals surface area contributed by atoms with Crippen LogP contribution in [0.3, 0.4) is 0 Å². The van der Waals surface area contributed by atoms with Crippen LogP contribution in [0.2, 0.25) is 0 Å². The van der Waals surface area contributed by atoms with Gasteiger partial charge in [-0.15, -0.1) is 24.8 Å². The largest absolute Gasteiger partial charge is 0.365 e. The molecular formula is C13H18Cl2N4. The average molecular weight is 301 g/mol. The molecule has 1 atom stereocenters. The molecule has 104 valence electrons. The second-order valence-corrected chi connectivity index (χ2v) is 4.43. The van der Waals surface area contributed by atoms with Gasteiger partial charge in [0.25, 0.3) is 0 Å². The van der Waals surface area contributed by atoms with E-state index in [2.05, 4.69) is 26.7 Å². The van der Waals surface area contributed by atoms with Crippen LogP contribution in [0.15, 0.2) is 30.6 Å². The number of anilines is 1. The van der Waals surface area contributed by atoms with Gasteiger partial charge in [0, 0.05) is 18.0 Å². The molecule has 1 aromatic carbocycles. The van der Waals surface area contributed by atoms with E-state index in [1.54, 1.807) is 6.33 Å². The van der Waals surface area contributed by atoms with E-state index in [9.17, 15) is 0 Å². The van der Waals surface area contributed by atoms with Crippen LogP contribution in [-0.4, -0.2) is 29.1 Å². The van der Waals surface area contributed by atoms with Gasteiger partial charge in [-0.3, -0.25) is 0 Å². The van der Waals surface area contributed by atoms with E-state index in [4.69, 9.17) is 0 Å². The Labute approximate surface area is 125 Å². The number of hydrogen-bond donors (Lipinski definition) is 2. The molecule has 1 fully saturated rings. The summed E-state index contributed by atoms with van der Waals surface area (Å²) in [6.45, 7) is 2.14. The Bertz CT molecular complexity index is 509. The number of rotatable bonds is 2. The van der Waals surface area contributed by atoms with E-state index >= 15 is 0 Å². The van der Waals surface area contributed by atoms with Crippen molar-refractivity contribution < 1.29 is 0 Å². The van der Waals surface area contributed by atoms with Crippen molar-refractivity contribution in [2.75, 3.05) is 18.4 Å². The zero-order valence-electron chi connectivity index (χ0n) is 10.5. The van der Waals surface area contributed by atoms with E-state index < -0.39 is 0 Å². The Balaban J connectivity index is 0.000000902. The highest BCUT2D eigenvalue weighted by Crippen LogP contribution is 2.20. The predicted molar refractivity (Wildman–Crippen MR) is 83.5 cm³/mol. The highest BCUT2D eigenvalue weighted by molar-refractivity contribution is 5.88. The standard InChI is InChI=1S/C13H16N4.2ClH/c1-2-6-12-11(5-1)13(16-9-15-12)17-10-4-3-7-14-8-10;;/h1-2,5-6,9-10,14H,3-4,7-8H2,(H,15,16,17);2*1H.